The summed E-state index contributed by atoms with van der Waals surface area (Å²) in [4.78, 5) is 35.2. The molecule has 20 heavy (non-hydrogen) atoms. The third kappa shape index (κ3) is 3.06. The summed E-state index contributed by atoms with van der Waals surface area (Å²) < 4.78 is 22.0. The van der Waals surface area contributed by atoms with Crippen LogP contribution in [0.15, 0.2) is 12.2 Å². The smallest absolute Gasteiger partial charge is 0.163 e. The first kappa shape index (κ1) is 18.7. The van der Waals surface area contributed by atoms with Crippen molar-refractivity contribution in [1.82, 2.24) is 0 Å². The third-order valence-corrected chi connectivity index (χ3v) is 6.27. The zero-order valence-electron chi connectivity index (χ0n) is 12.9. The maximum absolute atomic E-state index is 11.9. The highest BCUT2D eigenvalue weighted by molar-refractivity contribution is 7.93. The molecule has 0 rings (SSSR count). The molecule has 0 spiro atoms. The highest BCUT2D eigenvalue weighted by Gasteiger charge is 2.47. The van der Waals surface area contributed by atoms with Gasteiger partial charge in [0.1, 0.15) is 16.3 Å². The maximum Gasteiger partial charge on any atom is 0.163 e. The molecular weight excluding hydrogens is 280 g/mol. The normalized spacial score (nSPS) is 15.3. The summed E-state index contributed by atoms with van der Waals surface area (Å²) in [7, 11) is -3.76. The van der Waals surface area contributed by atoms with Crippen LogP contribution in [-0.4, -0.2) is 36.8 Å². The quantitative estimate of drug-likeness (QED) is 0.525. The molecule has 0 aliphatic rings. The Balaban J connectivity index is 5.84. The molecule has 0 aromatic rings. The van der Waals surface area contributed by atoms with Crippen molar-refractivity contribution in [3.05, 3.63) is 12.2 Å². The van der Waals surface area contributed by atoms with Gasteiger partial charge in [0.05, 0.1) is 5.41 Å². The Labute approximate surface area is 120 Å². The third-order valence-electron chi connectivity index (χ3n) is 4.21. The van der Waals surface area contributed by atoms with Gasteiger partial charge in [-0.05, 0) is 46.6 Å². The van der Waals surface area contributed by atoms with Crippen LogP contribution >= 0.6 is 0 Å². The van der Waals surface area contributed by atoms with E-state index in [9.17, 15) is 22.8 Å². The van der Waals surface area contributed by atoms with Crippen molar-refractivity contribution in [3.63, 3.8) is 0 Å². The van der Waals surface area contributed by atoms with Crippen LogP contribution in [0.5, 0.6) is 0 Å². The lowest BCUT2D eigenvalue weighted by Crippen LogP contribution is -2.46. The van der Waals surface area contributed by atoms with E-state index in [4.69, 9.17) is 0 Å². The van der Waals surface area contributed by atoms with Gasteiger partial charge < -0.3 is 0 Å². The molecule has 0 saturated carbocycles. The standard InChI is InChI=1S/C14H22O5S/c1-9(8-13(5,10(2)15)11(3)16)14(6,12(4)17)20(7,18)19/h1,8H2,2-7H3. The molecule has 0 aromatic heterocycles. The van der Waals surface area contributed by atoms with Gasteiger partial charge >= 0.3 is 0 Å². The topological polar surface area (TPSA) is 85.3 Å². The van der Waals surface area contributed by atoms with Crippen LogP contribution in [0.3, 0.4) is 0 Å². The van der Waals surface area contributed by atoms with Gasteiger partial charge in [-0.15, -0.1) is 0 Å². The average molecular weight is 302 g/mol. The van der Waals surface area contributed by atoms with E-state index in [0.717, 1.165) is 13.2 Å². The molecule has 0 bridgehead atoms. The first-order chi connectivity index (χ1) is 8.71. The molecular formula is C14H22O5S. The van der Waals surface area contributed by atoms with Crippen LogP contribution in [0, 0.1) is 5.41 Å². The van der Waals surface area contributed by atoms with Crippen LogP contribution in [0.25, 0.3) is 0 Å². The van der Waals surface area contributed by atoms with E-state index in [-0.39, 0.29) is 23.6 Å². The Morgan fingerprint density at radius 3 is 1.50 bits per heavy atom. The number of carbonyl (C=O) groups is 3. The largest absolute Gasteiger partial charge is 0.299 e. The predicted molar refractivity (Wildman–Crippen MR) is 77.2 cm³/mol. The number of ketones is 3. The molecule has 6 heteroatoms. The van der Waals surface area contributed by atoms with Crippen LogP contribution in [-0.2, 0) is 24.2 Å². The Morgan fingerprint density at radius 1 is 0.950 bits per heavy atom. The van der Waals surface area contributed by atoms with E-state index in [1.165, 1.54) is 27.7 Å². The van der Waals surface area contributed by atoms with Gasteiger partial charge in [-0.1, -0.05) is 6.58 Å². The second-order valence-electron chi connectivity index (χ2n) is 5.59. The highest BCUT2D eigenvalue weighted by Crippen LogP contribution is 2.36. The van der Waals surface area contributed by atoms with E-state index < -0.39 is 25.8 Å². The summed E-state index contributed by atoms with van der Waals surface area (Å²) in [6.45, 7) is 10.0. The summed E-state index contributed by atoms with van der Waals surface area (Å²) in [5.74, 6) is -1.35. The number of rotatable bonds is 7. The van der Waals surface area contributed by atoms with Gasteiger partial charge in [0.15, 0.2) is 15.6 Å². The molecule has 0 aromatic carbocycles. The first-order valence-corrected chi connectivity index (χ1v) is 8.01. The second-order valence-corrected chi connectivity index (χ2v) is 7.95. The molecule has 1 unspecified atom stereocenters. The van der Waals surface area contributed by atoms with E-state index in [2.05, 4.69) is 6.58 Å². The monoisotopic (exact) mass is 302 g/mol. The van der Waals surface area contributed by atoms with Crippen LogP contribution in [0.4, 0.5) is 0 Å². The van der Waals surface area contributed by atoms with Gasteiger partial charge in [-0.3, -0.25) is 14.4 Å². The average Bonchev–Trinajstić information content (AvgIpc) is 2.24. The van der Waals surface area contributed by atoms with Gasteiger partial charge in [-0.25, -0.2) is 8.42 Å². The molecule has 0 heterocycles. The minimum atomic E-state index is -3.76. The van der Waals surface area contributed by atoms with Gasteiger partial charge in [0.2, 0.25) is 0 Å². The van der Waals surface area contributed by atoms with Crippen molar-refractivity contribution in [2.75, 3.05) is 6.26 Å². The van der Waals surface area contributed by atoms with Crippen molar-refractivity contribution < 1.29 is 22.8 Å². The molecule has 0 aliphatic heterocycles. The fourth-order valence-electron chi connectivity index (χ4n) is 1.86. The fourth-order valence-corrected chi connectivity index (χ4v) is 2.98. The summed E-state index contributed by atoms with van der Waals surface area (Å²) in [6, 6.07) is 0. The SMILES string of the molecule is C=C(CC(C)(C(C)=O)C(C)=O)C(C)(C(C)=O)S(C)(=O)=O. The lowest BCUT2D eigenvalue weighted by molar-refractivity contribution is -0.137. The zero-order valence-corrected chi connectivity index (χ0v) is 13.7. The predicted octanol–water partition coefficient (Wildman–Crippen LogP) is 1.51. The second kappa shape index (κ2) is 5.60. The molecule has 0 radical (unpaired) electrons. The zero-order chi connectivity index (χ0) is 16.5. The van der Waals surface area contributed by atoms with Crippen LogP contribution < -0.4 is 0 Å². The van der Waals surface area contributed by atoms with Gasteiger partial charge in [0, 0.05) is 6.26 Å². The number of Topliss-reactive ketones (excluding diaryl/α,β-unsaturated/α-hetero) is 3. The molecule has 1 atom stereocenters. The molecule has 0 fully saturated rings. The van der Waals surface area contributed by atoms with Crippen molar-refractivity contribution >= 4 is 27.2 Å². The molecule has 0 amide bonds. The number of hydrogen-bond acceptors (Lipinski definition) is 5. The van der Waals surface area contributed by atoms with Gasteiger partial charge in [-0.2, -0.15) is 0 Å². The number of sulfone groups is 1. The number of hydrogen-bond donors (Lipinski definition) is 0. The molecule has 0 aliphatic carbocycles. The van der Waals surface area contributed by atoms with Crippen molar-refractivity contribution in [2.24, 2.45) is 5.41 Å². The molecule has 0 saturated heterocycles. The molecule has 0 N–H and O–H groups in total. The Kier molecular flexibility index (Phi) is 5.23. The Hall–Kier alpha value is -1.30. The lowest BCUT2D eigenvalue weighted by atomic mass is 9.74. The Bertz CT molecular complexity index is 556. The summed E-state index contributed by atoms with van der Waals surface area (Å²) in [5, 5.41) is 0. The molecule has 114 valence electrons. The minimum Gasteiger partial charge on any atom is -0.299 e. The van der Waals surface area contributed by atoms with Crippen LogP contribution in [0.1, 0.15) is 41.0 Å². The highest BCUT2D eigenvalue weighted by atomic mass is 32.2. The van der Waals surface area contributed by atoms with Crippen molar-refractivity contribution in [1.29, 1.82) is 0 Å². The van der Waals surface area contributed by atoms with Crippen molar-refractivity contribution in [2.45, 2.75) is 45.8 Å². The van der Waals surface area contributed by atoms with Crippen molar-refractivity contribution in [3.8, 4) is 0 Å². The first-order valence-electron chi connectivity index (χ1n) is 6.12. The summed E-state index contributed by atoms with van der Waals surface area (Å²) >= 11 is 0. The molecule has 5 nitrogen and oxygen atoms in total. The van der Waals surface area contributed by atoms with E-state index >= 15 is 0 Å². The maximum atomic E-state index is 11.9. The summed E-state index contributed by atoms with van der Waals surface area (Å²) in [5.41, 5.74) is -1.31. The lowest BCUT2D eigenvalue weighted by Gasteiger charge is -2.32. The number of carbonyl (C=O) groups excluding carboxylic acids is 3. The fraction of sp³-hybridized carbons (Fsp3) is 0.643. The summed E-state index contributed by atoms with van der Waals surface area (Å²) in [6.07, 6.45) is 0.777. The van der Waals surface area contributed by atoms with Gasteiger partial charge in [0.25, 0.3) is 0 Å². The van der Waals surface area contributed by atoms with Crippen LogP contribution in [0.2, 0.25) is 0 Å². The minimum absolute atomic E-state index is 0.0559. The Morgan fingerprint density at radius 2 is 1.30 bits per heavy atom. The van der Waals surface area contributed by atoms with E-state index in [1.54, 1.807) is 0 Å². The van der Waals surface area contributed by atoms with E-state index in [0.29, 0.717) is 0 Å². The van der Waals surface area contributed by atoms with E-state index in [1.807, 2.05) is 0 Å².